The molecular weight excluding hydrogens is 248 g/mol. The first-order valence-corrected chi connectivity index (χ1v) is 11.6. The van der Waals surface area contributed by atoms with Crippen molar-refractivity contribution in [3.8, 4) is 0 Å². The molecule has 0 aliphatic heterocycles. The van der Waals surface area contributed by atoms with E-state index in [0.717, 1.165) is 35.5 Å². The van der Waals surface area contributed by atoms with Gasteiger partial charge in [-0.15, -0.1) is 0 Å². The number of hydrogen-bond acceptors (Lipinski definition) is 1. The predicted molar refractivity (Wildman–Crippen MR) is 87.8 cm³/mol. The first-order valence-electron chi connectivity index (χ1n) is 8.22. The summed E-state index contributed by atoms with van der Waals surface area (Å²) >= 11 is 0. The molecule has 0 amide bonds. The minimum Gasteiger partial charge on any atom is -0.414 e. The van der Waals surface area contributed by atoms with Gasteiger partial charge < -0.3 is 4.43 Å². The molecule has 0 saturated heterocycles. The van der Waals surface area contributed by atoms with E-state index >= 15 is 0 Å². The number of rotatable bonds is 5. The quantitative estimate of drug-likeness (QED) is 0.612. The van der Waals surface area contributed by atoms with Gasteiger partial charge in [0.15, 0.2) is 8.32 Å². The molecule has 1 aliphatic carbocycles. The summed E-state index contributed by atoms with van der Waals surface area (Å²) in [5, 5.41) is 0. The lowest BCUT2D eigenvalue weighted by atomic mass is 9.73. The molecule has 4 atom stereocenters. The lowest BCUT2D eigenvalue weighted by molar-refractivity contribution is 0.0856. The van der Waals surface area contributed by atoms with Crippen molar-refractivity contribution in [3.63, 3.8) is 0 Å². The summed E-state index contributed by atoms with van der Waals surface area (Å²) in [7, 11) is -1.44. The Hall–Kier alpha value is 0.177. The Bertz CT molecular complexity index is 277. The van der Waals surface area contributed by atoms with Crippen LogP contribution in [0, 0.1) is 35.5 Å². The second-order valence-electron chi connectivity index (χ2n) is 8.55. The summed E-state index contributed by atoms with van der Waals surface area (Å²) in [5.41, 5.74) is 0. The molecule has 19 heavy (non-hydrogen) atoms. The molecule has 0 aromatic heterocycles. The Kier molecular flexibility index (Phi) is 5.71. The molecule has 2 heteroatoms. The highest BCUT2D eigenvalue weighted by Crippen LogP contribution is 2.49. The van der Waals surface area contributed by atoms with Crippen molar-refractivity contribution >= 4 is 8.32 Å². The van der Waals surface area contributed by atoms with Gasteiger partial charge in [-0.3, -0.25) is 0 Å². The van der Waals surface area contributed by atoms with Crippen molar-refractivity contribution < 1.29 is 4.43 Å². The minimum atomic E-state index is -1.44. The van der Waals surface area contributed by atoms with Gasteiger partial charge in [-0.1, -0.05) is 41.5 Å². The van der Waals surface area contributed by atoms with Crippen molar-refractivity contribution in [2.45, 2.75) is 73.7 Å². The van der Waals surface area contributed by atoms with E-state index in [-0.39, 0.29) is 0 Å². The van der Waals surface area contributed by atoms with Gasteiger partial charge in [0.25, 0.3) is 0 Å². The molecule has 1 fully saturated rings. The Morgan fingerprint density at radius 1 is 0.789 bits per heavy atom. The normalized spacial score (nSPS) is 32.8. The van der Waals surface area contributed by atoms with E-state index in [2.05, 4.69) is 61.2 Å². The second kappa shape index (κ2) is 6.30. The second-order valence-corrected chi connectivity index (χ2v) is 13.0. The van der Waals surface area contributed by atoms with Gasteiger partial charge in [-0.2, -0.15) is 0 Å². The zero-order chi connectivity index (χ0) is 15.0. The summed E-state index contributed by atoms with van der Waals surface area (Å²) < 4.78 is 6.57. The van der Waals surface area contributed by atoms with Gasteiger partial charge >= 0.3 is 0 Å². The third-order valence-electron chi connectivity index (χ3n) is 4.77. The molecule has 4 unspecified atom stereocenters. The van der Waals surface area contributed by atoms with Crippen molar-refractivity contribution in [1.82, 2.24) is 0 Å². The topological polar surface area (TPSA) is 9.23 Å². The summed E-state index contributed by atoms with van der Waals surface area (Å²) in [6.45, 7) is 21.4. The van der Waals surface area contributed by atoms with Crippen LogP contribution in [0.2, 0.25) is 19.6 Å². The molecule has 0 aromatic rings. The molecule has 1 aliphatic rings. The Balaban J connectivity index is 2.99. The summed E-state index contributed by atoms with van der Waals surface area (Å²) in [6, 6.07) is 0. The van der Waals surface area contributed by atoms with E-state index in [4.69, 9.17) is 4.43 Å². The van der Waals surface area contributed by atoms with Crippen molar-refractivity contribution in [2.75, 3.05) is 0 Å². The largest absolute Gasteiger partial charge is 0.414 e. The van der Waals surface area contributed by atoms with Gasteiger partial charge in [0, 0.05) is 6.10 Å². The third-order valence-corrected chi connectivity index (χ3v) is 5.78. The van der Waals surface area contributed by atoms with Gasteiger partial charge in [-0.05, 0) is 61.6 Å². The van der Waals surface area contributed by atoms with Crippen LogP contribution in [0.3, 0.4) is 0 Å². The smallest absolute Gasteiger partial charge is 0.184 e. The lowest BCUT2D eigenvalue weighted by Crippen LogP contribution is -2.37. The van der Waals surface area contributed by atoms with E-state index < -0.39 is 8.32 Å². The third kappa shape index (κ3) is 4.32. The van der Waals surface area contributed by atoms with Crippen LogP contribution in [-0.2, 0) is 4.43 Å². The van der Waals surface area contributed by atoms with Crippen LogP contribution < -0.4 is 0 Å². The maximum atomic E-state index is 6.57. The molecular formula is C17H36OSi. The zero-order valence-electron chi connectivity index (χ0n) is 14.7. The van der Waals surface area contributed by atoms with E-state index in [1.807, 2.05) is 0 Å². The average Bonchev–Trinajstić information content (AvgIpc) is 2.54. The van der Waals surface area contributed by atoms with Crippen LogP contribution in [-0.4, -0.2) is 14.4 Å². The molecule has 0 spiro atoms. The van der Waals surface area contributed by atoms with Gasteiger partial charge in [-0.25, -0.2) is 0 Å². The molecule has 1 saturated carbocycles. The van der Waals surface area contributed by atoms with Crippen molar-refractivity contribution in [1.29, 1.82) is 0 Å². The predicted octanol–water partition coefficient (Wildman–Crippen LogP) is 5.43. The highest BCUT2D eigenvalue weighted by atomic mass is 28.4. The van der Waals surface area contributed by atoms with Crippen LogP contribution in [0.25, 0.3) is 0 Å². The summed E-state index contributed by atoms with van der Waals surface area (Å²) in [5.74, 6) is 4.71. The van der Waals surface area contributed by atoms with Gasteiger partial charge in [0.2, 0.25) is 0 Å². The molecule has 114 valence electrons. The molecule has 0 aromatic carbocycles. The average molecular weight is 285 g/mol. The van der Waals surface area contributed by atoms with Gasteiger partial charge in [0.05, 0.1) is 0 Å². The zero-order valence-corrected chi connectivity index (χ0v) is 15.7. The molecule has 0 N–H and O–H groups in total. The van der Waals surface area contributed by atoms with E-state index in [1.165, 1.54) is 6.42 Å². The Morgan fingerprint density at radius 3 is 1.58 bits per heavy atom. The molecule has 0 bridgehead atoms. The van der Waals surface area contributed by atoms with E-state index in [9.17, 15) is 0 Å². The fourth-order valence-electron chi connectivity index (χ4n) is 4.23. The maximum absolute atomic E-state index is 6.57. The van der Waals surface area contributed by atoms with Crippen LogP contribution in [0.4, 0.5) is 0 Å². The first kappa shape index (κ1) is 17.2. The molecule has 1 nitrogen and oxygen atoms in total. The Labute approximate surface area is 122 Å². The lowest BCUT2D eigenvalue weighted by Gasteiger charge is -2.35. The Morgan fingerprint density at radius 2 is 1.26 bits per heavy atom. The summed E-state index contributed by atoms with van der Waals surface area (Å²) in [6.07, 6.45) is 1.79. The SMILES string of the molecule is CC(C)C1CC(O[Si](C)(C)C)C(C(C)C)C1C(C)C. The van der Waals surface area contributed by atoms with E-state index in [1.54, 1.807) is 0 Å². The van der Waals surface area contributed by atoms with Crippen LogP contribution >= 0.6 is 0 Å². The van der Waals surface area contributed by atoms with Crippen molar-refractivity contribution in [3.05, 3.63) is 0 Å². The monoisotopic (exact) mass is 284 g/mol. The van der Waals surface area contributed by atoms with Gasteiger partial charge in [0.1, 0.15) is 0 Å². The highest BCUT2D eigenvalue weighted by molar-refractivity contribution is 6.69. The van der Waals surface area contributed by atoms with Crippen LogP contribution in [0.5, 0.6) is 0 Å². The highest BCUT2D eigenvalue weighted by Gasteiger charge is 2.48. The maximum Gasteiger partial charge on any atom is 0.184 e. The first-order chi connectivity index (χ1) is 8.54. The molecule has 1 rings (SSSR count). The molecule has 0 radical (unpaired) electrons. The fraction of sp³-hybridized carbons (Fsp3) is 1.00. The standard InChI is InChI=1S/C17H36OSi/c1-11(2)14-10-15(18-19(7,8)9)17(13(5)6)16(14)12(3)4/h11-17H,10H2,1-9H3. The van der Waals surface area contributed by atoms with E-state index in [0.29, 0.717) is 6.10 Å². The molecule has 0 heterocycles. The van der Waals surface area contributed by atoms with Crippen LogP contribution in [0.1, 0.15) is 48.0 Å². The van der Waals surface area contributed by atoms with Crippen LogP contribution in [0.15, 0.2) is 0 Å². The number of hydrogen-bond donors (Lipinski definition) is 0. The summed E-state index contributed by atoms with van der Waals surface area (Å²) in [4.78, 5) is 0. The van der Waals surface area contributed by atoms with Crippen molar-refractivity contribution in [2.24, 2.45) is 35.5 Å². The fourth-order valence-corrected chi connectivity index (χ4v) is 5.39. The minimum absolute atomic E-state index is 0.506.